The molecule has 122 valence electrons. The molecule has 1 heterocycles. The van der Waals surface area contributed by atoms with E-state index in [4.69, 9.17) is 20.8 Å². The lowest BCUT2D eigenvalue weighted by molar-refractivity contribution is 0.0926. The number of rotatable bonds is 6. The molecule has 0 radical (unpaired) electrons. The van der Waals surface area contributed by atoms with Crippen molar-refractivity contribution in [2.24, 2.45) is 0 Å². The Morgan fingerprint density at radius 2 is 2.00 bits per heavy atom. The zero-order valence-corrected chi connectivity index (χ0v) is 13.1. The van der Waals surface area contributed by atoms with Crippen molar-refractivity contribution in [3.8, 4) is 5.75 Å². The van der Waals surface area contributed by atoms with Gasteiger partial charge in [0.25, 0.3) is 5.91 Å². The van der Waals surface area contributed by atoms with Gasteiger partial charge in [0, 0.05) is 18.1 Å². The number of nitrogens with one attached hydrogen (secondary N) is 3. The first-order valence-electron chi connectivity index (χ1n) is 6.80. The van der Waals surface area contributed by atoms with E-state index in [0.717, 1.165) is 0 Å². The molecule has 0 spiro atoms. The summed E-state index contributed by atoms with van der Waals surface area (Å²) in [7, 11) is 1.50. The van der Waals surface area contributed by atoms with E-state index in [-0.39, 0.29) is 24.8 Å². The predicted octanol–water partition coefficient (Wildman–Crippen LogP) is 2.49. The molecule has 1 aromatic heterocycles. The molecule has 0 aliphatic carbocycles. The molecule has 0 saturated carbocycles. The molecule has 0 unspecified atom stereocenters. The minimum Gasteiger partial charge on any atom is -0.495 e. The summed E-state index contributed by atoms with van der Waals surface area (Å²) >= 11 is 5.88. The van der Waals surface area contributed by atoms with E-state index in [1.807, 2.05) is 0 Å². The summed E-state index contributed by atoms with van der Waals surface area (Å²) in [5.74, 6) is 0.377. The summed E-state index contributed by atoms with van der Waals surface area (Å²) in [4.78, 5) is 23.4. The first-order valence-corrected chi connectivity index (χ1v) is 7.18. The molecule has 1 aromatic carbocycles. The number of amides is 3. The highest BCUT2D eigenvalue weighted by molar-refractivity contribution is 6.31. The molecule has 3 amide bonds. The highest BCUT2D eigenvalue weighted by Crippen LogP contribution is 2.27. The van der Waals surface area contributed by atoms with Gasteiger partial charge in [0.15, 0.2) is 5.76 Å². The summed E-state index contributed by atoms with van der Waals surface area (Å²) in [6.45, 7) is 0.515. The number of anilines is 1. The molecule has 7 nitrogen and oxygen atoms in total. The van der Waals surface area contributed by atoms with E-state index in [9.17, 15) is 9.59 Å². The maximum absolute atomic E-state index is 11.8. The van der Waals surface area contributed by atoms with Gasteiger partial charge in [-0.25, -0.2) is 4.79 Å². The average Bonchev–Trinajstić information content (AvgIpc) is 3.06. The lowest BCUT2D eigenvalue weighted by atomic mass is 10.3. The number of furan rings is 1. The Bertz CT molecular complexity index is 673. The lowest BCUT2D eigenvalue weighted by Gasteiger charge is -2.11. The molecule has 23 heavy (non-hydrogen) atoms. The Hall–Kier alpha value is -2.67. The number of hydrogen-bond acceptors (Lipinski definition) is 4. The molecule has 0 bridgehead atoms. The second-order valence-electron chi connectivity index (χ2n) is 4.46. The van der Waals surface area contributed by atoms with Crippen molar-refractivity contribution in [2.75, 3.05) is 25.5 Å². The monoisotopic (exact) mass is 337 g/mol. The topological polar surface area (TPSA) is 92.6 Å². The highest BCUT2D eigenvalue weighted by atomic mass is 35.5. The molecule has 8 heteroatoms. The van der Waals surface area contributed by atoms with Crippen LogP contribution in [0.25, 0.3) is 0 Å². The summed E-state index contributed by atoms with van der Waals surface area (Å²) in [6.07, 6.45) is 1.42. The molecule has 0 atom stereocenters. The Morgan fingerprint density at radius 3 is 2.70 bits per heavy atom. The van der Waals surface area contributed by atoms with Gasteiger partial charge >= 0.3 is 6.03 Å². The maximum atomic E-state index is 11.8. The van der Waals surface area contributed by atoms with Gasteiger partial charge in [-0.2, -0.15) is 0 Å². The molecule has 2 rings (SSSR count). The van der Waals surface area contributed by atoms with Gasteiger partial charge < -0.3 is 25.1 Å². The molecule has 0 saturated heterocycles. The summed E-state index contributed by atoms with van der Waals surface area (Å²) in [6, 6.07) is 7.64. The number of halogens is 1. The van der Waals surface area contributed by atoms with E-state index >= 15 is 0 Å². The van der Waals surface area contributed by atoms with Crippen molar-refractivity contribution in [1.29, 1.82) is 0 Å². The van der Waals surface area contributed by atoms with Gasteiger partial charge in [-0.3, -0.25) is 4.79 Å². The van der Waals surface area contributed by atoms with Crippen LogP contribution in [0.3, 0.4) is 0 Å². The molecule has 0 aliphatic rings. The van der Waals surface area contributed by atoms with Gasteiger partial charge in [0.05, 0.1) is 19.1 Å². The fourth-order valence-corrected chi connectivity index (χ4v) is 1.96. The van der Waals surface area contributed by atoms with Crippen molar-refractivity contribution in [2.45, 2.75) is 0 Å². The van der Waals surface area contributed by atoms with Gasteiger partial charge in [-0.1, -0.05) is 11.6 Å². The molecular weight excluding hydrogens is 322 g/mol. The van der Waals surface area contributed by atoms with Crippen molar-refractivity contribution in [3.63, 3.8) is 0 Å². The van der Waals surface area contributed by atoms with Crippen LogP contribution in [0.4, 0.5) is 10.5 Å². The summed E-state index contributed by atoms with van der Waals surface area (Å²) in [5.41, 5.74) is 0.456. The maximum Gasteiger partial charge on any atom is 0.319 e. The van der Waals surface area contributed by atoms with Gasteiger partial charge in [0.1, 0.15) is 5.75 Å². The number of ether oxygens (including phenoxy) is 1. The SMILES string of the molecule is COc1ccc(Cl)cc1NC(=O)NCCNC(=O)c1ccco1. The van der Waals surface area contributed by atoms with Crippen LogP contribution in [0.1, 0.15) is 10.6 Å². The second kappa shape index (κ2) is 8.09. The number of methoxy groups -OCH3 is 1. The molecule has 2 aromatic rings. The quantitative estimate of drug-likeness (QED) is 0.706. The van der Waals surface area contributed by atoms with Crippen molar-refractivity contribution in [1.82, 2.24) is 10.6 Å². The van der Waals surface area contributed by atoms with Crippen LogP contribution in [-0.2, 0) is 0 Å². The van der Waals surface area contributed by atoms with Crippen LogP contribution < -0.4 is 20.7 Å². The standard InChI is InChI=1S/C15H16ClN3O4/c1-22-12-5-4-10(16)9-11(12)19-15(21)18-7-6-17-14(20)13-3-2-8-23-13/h2-5,8-9H,6-7H2,1H3,(H,17,20)(H2,18,19,21). The van der Waals surface area contributed by atoms with Crippen LogP contribution in [0.5, 0.6) is 5.75 Å². The van der Waals surface area contributed by atoms with Crippen LogP contribution in [0, 0.1) is 0 Å². The predicted molar refractivity (Wildman–Crippen MR) is 86.1 cm³/mol. The third-order valence-electron chi connectivity index (χ3n) is 2.85. The van der Waals surface area contributed by atoms with Crippen LogP contribution in [0.15, 0.2) is 41.0 Å². The summed E-state index contributed by atoms with van der Waals surface area (Å²) < 4.78 is 10.1. The molecule has 0 aliphatic heterocycles. The molecule has 0 fully saturated rings. The third kappa shape index (κ3) is 4.93. The number of urea groups is 1. The number of hydrogen-bond donors (Lipinski definition) is 3. The normalized spacial score (nSPS) is 10.0. The number of carbonyl (C=O) groups is 2. The zero-order valence-electron chi connectivity index (χ0n) is 12.4. The Morgan fingerprint density at radius 1 is 1.22 bits per heavy atom. The largest absolute Gasteiger partial charge is 0.495 e. The Kier molecular flexibility index (Phi) is 5.87. The van der Waals surface area contributed by atoms with E-state index in [1.165, 1.54) is 13.4 Å². The van der Waals surface area contributed by atoms with Gasteiger partial charge in [-0.15, -0.1) is 0 Å². The molecule has 3 N–H and O–H groups in total. The third-order valence-corrected chi connectivity index (χ3v) is 3.09. The zero-order chi connectivity index (χ0) is 16.7. The van der Waals surface area contributed by atoms with Gasteiger partial charge in [-0.05, 0) is 30.3 Å². The van der Waals surface area contributed by atoms with Crippen LogP contribution in [-0.4, -0.2) is 32.1 Å². The smallest absolute Gasteiger partial charge is 0.319 e. The fraction of sp³-hybridized carbons (Fsp3) is 0.200. The lowest BCUT2D eigenvalue weighted by Crippen LogP contribution is -2.36. The first kappa shape index (κ1) is 16.7. The van der Waals surface area contributed by atoms with Crippen molar-refractivity contribution >= 4 is 29.2 Å². The van der Waals surface area contributed by atoms with E-state index < -0.39 is 6.03 Å². The average molecular weight is 338 g/mol. The van der Waals surface area contributed by atoms with Crippen LogP contribution >= 0.6 is 11.6 Å². The highest BCUT2D eigenvalue weighted by Gasteiger charge is 2.09. The van der Waals surface area contributed by atoms with E-state index in [0.29, 0.717) is 16.5 Å². The minimum atomic E-state index is -0.433. The first-order chi connectivity index (χ1) is 11.1. The van der Waals surface area contributed by atoms with E-state index in [2.05, 4.69) is 16.0 Å². The fourth-order valence-electron chi connectivity index (χ4n) is 1.79. The van der Waals surface area contributed by atoms with Gasteiger partial charge in [0.2, 0.25) is 0 Å². The van der Waals surface area contributed by atoms with Crippen LogP contribution in [0.2, 0.25) is 5.02 Å². The Balaban J connectivity index is 1.75. The minimum absolute atomic E-state index is 0.220. The van der Waals surface area contributed by atoms with Crippen molar-refractivity contribution in [3.05, 3.63) is 47.4 Å². The Labute approximate surface area is 137 Å². The van der Waals surface area contributed by atoms with Crippen molar-refractivity contribution < 1.29 is 18.7 Å². The second-order valence-corrected chi connectivity index (χ2v) is 4.90. The van der Waals surface area contributed by atoms with E-state index in [1.54, 1.807) is 30.3 Å². The summed E-state index contributed by atoms with van der Waals surface area (Å²) in [5, 5.41) is 8.33. The number of benzene rings is 1. The molecular formula is C15H16ClN3O4. The number of carbonyl (C=O) groups excluding carboxylic acids is 2.